The first kappa shape index (κ1) is 17.0. The quantitative estimate of drug-likeness (QED) is 0.765. The van der Waals surface area contributed by atoms with Crippen LogP contribution in [-0.2, 0) is 16.2 Å². The highest BCUT2D eigenvalue weighted by atomic mass is 32.2. The van der Waals surface area contributed by atoms with Gasteiger partial charge in [0.1, 0.15) is 4.90 Å². The monoisotopic (exact) mass is 367 g/mol. The van der Waals surface area contributed by atoms with Crippen molar-refractivity contribution in [1.29, 1.82) is 0 Å². The molecule has 3 aromatic rings. The molecule has 0 saturated carbocycles. The average Bonchev–Trinajstić information content (AvgIpc) is 3.06. The Morgan fingerprint density at radius 2 is 1.72 bits per heavy atom. The number of halogens is 3. The van der Waals surface area contributed by atoms with Crippen molar-refractivity contribution in [3.63, 3.8) is 0 Å². The minimum Gasteiger partial charge on any atom is -0.280 e. The van der Waals surface area contributed by atoms with Gasteiger partial charge in [0.2, 0.25) is 0 Å². The number of anilines is 1. The minimum atomic E-state index is -4.49. The van der Waals surface area contributed by atoms with Crippen LogP contribution in [0.15, 0.2) is 71.9 Å². The number of para-hydroxylation sites is 1. The summed E-state index contributed by atoms with van der Waals surface area (Å²) < 4.78 is 66.5. The van der Waals surface area contributed by atoms with Crippen molar-refractivity contribution >= 4 is 15.7 Å². The largest absolute Gasteiger partial charge is 0.416 e. The Labute approximate surface area is 141 Å². The van der Waals surface area contributed by atoms with E-state index in [1.807, 2.05) is 0 Å². The number of nitrogens with one attached hydrogen (secondary N) is 1. The molecule has 0 spiro atoms. The van der Waals surface area contributed by atoms with E-state index in [0.717, 1.165) is 29.2 Å². The first-order valence-corrected chi connectivity index (χ1v) is 8.54. The van der Waals surface area contributed by atoms with Crippen LogP contribution in [0.25, 0.3) is 5.69 Å². The number of aromatic nitrogens is 2. The van der Waals surface area contributed by atoms with E-state index in [1.165, 1.54) is 12.1 Å². The Balaban J connectivity index is 1.90. The lowest BCUT2D eigenvalue weighted by molar-refractivity contribution is -0.137. The lowest BCUT2D eigenvalue weighted by Crippen LogP contribution is -2.12. The molecule has 3 rings (SSSR count). The smallest absolute Gasteiger partial charge is 0.280 e. The SMILES string of the molecule is O=S(=O)(Nc1ccccc1)c1cnn(-c2cccc(C(F)(F)F)c2)c1. The van der Waals surface area contributed by atoms with Gasteiger partial charge in [0.15, 0.2) is 0 Å². The Hall–Kier alpha value is -2.81. The average molecular weight is 367 g/mol. The molecular weight excluding hydrogens is 355 g/mol. The van der Waals surface area contributed by atoms with E-state index in [4.69, 9.17) is 0 Å². The summed E-state index contributed by atoms with van der Waals surface area (Å²) in [7, 11) is -3.89. The van der Waals surface area contributed by atoms with Crippen molar-refractivity contribution in [2.75, 3.05) is 4.72 Å². The molecule has 5 nitrogen and oxygen atoms in total. The predicted molar refractivity (Wildman–Crippen MR) is 85.8 cm³/mol. The fourth-order valence-corrected chi connectivity index (χ4v) is 3.12. The van der Waals surface area contributed by atoms with Crippen LogP contribution >= 0.6 is 0 Å². The summed E-state index contributed by atoms with van der Waals surface area (Å²) in [6, 6.07) is 12.7. The summed E-state index contributed by atoms with van der Waals surface area (Å²) in [5.41, 5.74) is -0.363. The summed E-state index contributed by atoms with van der Waals surface area (Å²) >= 11 is 0. The second-order valence-electron chi connectivity index (χ2n) is 5.14. The number of nitrogens with zero attached hydrogens (tertiary/aromatic N) is 2. The number of sulfonamides is 1. The molecule has 9 heteroatoms. The highest BCUT2D eigenvalue weighted by Gasteiger charge is 2.30. The van der Waals surface area contributed by atoms with Crippen LogP contribution in [0.4, 0.5) is 18.9 Å². The van der Waals surface area contributed by atoms with Gasteiger partial charge in [0, 0.05) is 5.69 Å². The molecule has 0 aliphatic carbocycles. The topological polar surface area (TPSA) is 64.0 Å². The molecule has 0 aliphatic rings. The van der Waals surface area contributed by atoms with Crippen molar-refractivity contribution < 1.29 is 21.6 Å². The normalized spacial score (nSPS) is 12.1. The van der Waals surface area contributed by atoms with Crippen molar-refractivity contribution in [2.45, 2.75) is 11.1 Å². The van der Waals surface area contributed by atoms with E-state index in [9.17, 15) is 21.6 Å². The number of benzene rings is 2. The van der Waals surface area contributed by atoms with E-state index >= 15 is 0 Å². The van der Waals surface area contributed by atoms with Crippen molar-refractivity contribution in [2.24, 2.45) is 0 Å². The summed E-state index contributed by atoms with van der Waals surface area (Å²) in [5, 5.41) is 3.85. The van der Waals surface area contributed by atoms with Gasteiger partial charge in [-0.15, -0.1) is 0 Å². The summed E-state index contributed by atoms with van der Waals surface area (Å²) in [6.07, 6.45) is -2.26. The molecule has 0 bridgehead atoms. The first-order chi connectivity index (χ1) is 11.8. The number of hydrogen-bond acceptors (Lipinski definition) is 3. The fourth-order valence-electron chi connectivity index (χ4n) is 2.13. The number of alkyl halides is 3. The van der Waals surface area contributed by atoms with Crippen LogP contribution in [0.5, 0.6) is 0 Å². The predicted octanol–water partition coefficient (Wildman–Crippen LogP) is 3.69. The van der Waals surface area contributed by atoms with Crippen molar-refractivity contribution in [3.8, 4) is 5.69 Å². The standard InChI is InChI=1S/C16H12F3N3O2S/c17-16(18,19)12-5-4-8-14(9-12)22-11-15(10-20-22)25(23,24)21-13-6-2-1-3-7-13/h1-11,21H. The van der Waals surface area contributed by atoms with E-state index in [0.29, 0.717) is 5.69 Å². The zero-order valence-electron chi connectivity index (χ0n) is 12.6. The van der Waals surface area contributed by atoms with Gasteiger partial charge in [-0.25, -0.2) is 13.1 Å². The van der Waals surface area contributed by atoms with Crippen LogP contribution in [0.1, 0.15) is 5.56 Å². The molecule has 0 radical (unpaired) electrons. The second kappa shape index (κ2) is 6.25. The third-order valence-electron chi connectivity index (χ3n) is 3.33. The highest BCUT2D eigenvalue weighted by molar-refractivity contribution is 7.92. The Kier molecular flexibility index (Phi) is 4.25. The molecule has 0 fully saturated rings. The van der Waals surface area contributed by atoms with Crippen LogP contribution in [-0.4, -0.2) is 18.2 Å². The van der Waals surface area contributed by atoms with E-state index in [1.54, 1.807) is 30.3 Å². The zero-order valence-corrected chi connectivity index (χ0v) is 13.4. The lowest BCUT2D eigenvalue weighted by atomic mass is 10.2. The number of rotatable bonds is 4. The lowest BCUT2D eigenvalue weighted by Gasteiger charge is -2.08. The summed E-state index contributed by atoms with van der Waals surface area (Å²) in [5.74, 6) is 0. The van der Waals surface area contributed by atoms with Crippen LogP contribution in [0, 0.1) is 0 Å². The first-order valence-electron chi connectivity index (χ1n) is 7.06. The van der Waals surface area contributed by atoms with E-state index in [2.05, 4.69) is 9.82 Å². The molecule has 0 saturated heterocycles. The Bertz CT molecular complexity index is 983. The third kappa shape index (κ3) is 3.82. The van der Waals surface area contributed by atoms with Crippen LogP contribution < -0.4 is 4.72 Å². The van der Waals surface area contributed by atoms with Gasteiger partial charge in [-0.2, -0.15) is 18.3 Å². The fraction of sp³-hybridized carbons (Fsp3) is 0.0625. The van der Waals surface area contributed by atoms with Gasteiger partial charge >= 0.3 is 6.18 Å². The maximum atomic E-state index is 12.8. The van der Waals surface area contributed by atoms with Gasteiger partial charge in [-0.05, 0) is 30.3 Å². The van der Waals surface area contributed by atoms with Gasteiger partial charge in [0.05, 0.1) is 23.6 Å². The Morgan fingerprint density at radius 3 is 2.40 bits per heavy atom. The molecule has 130 valence electrons. The van der Waals surface area contributed by atoms with Crippen molar-refractivity contribution in [3.05, 3.63) is 72.6 Å². The molecular formula is C16H12F3N3O2S. The van der Waals surface area contributed by atoms with Gasteiger partial charge in [-0.1, -0.05) is 24.3 Å². The zero-order chi connectivity index (χ0) is 18.1. The second-order valence-corrected chi connectivity index (χ2v) is 6.82. The Morgan fingerprint density at radius 1 is 1.00 bits per heavy atom. The van der Waals surface area contributed by atoms with Crippen LogP contribution in [0.3, 0.4) is 0 Å². The molecule has 2 aromatic carbocycles. The minimum absolute atomic E-state index is 0.107. The van der Waals surface area contributed by atoms with Gasteiger partial charge in [-0.3, -0.25) is 4.72 Å². The maximum absolute atomic E-state index is 12.8. The molecule has 1 aromatic heterocycles. The van der Waals surface area contributed by atoms with Crippen molar-refractivity contribution in [1.82, 2.24) is 9.78 Å². The molecule has 25 heavy (non-hydrogen) atoms. The molecule has 0 amide bonds. The van der Waals surface area contributed by atoms with Gasteiger partial charge in [0.25, 0.3) is 10.0 Å². The summed E-state index contributed by atoms with van der Waals surface area (Å²) in [4.78, 5) is -0.159. The summed E-state index contributed by atoms with van der Waals surface area (Å²) in [6.45, 7) is 0. The highest BCUT2D eigenvalue weighted by Crippen LogP contribution is 2.30. The molecule has 0 aliphatic heterocycles. The number of hydrogen-bond donors (Lipinski definition) is 1. The molecule has 0 unspecified atom stereocenters. The molecule has 1 heterocycles. The van der Waals surface area contributed by atoms with E-state index in [-0.39, 0.29) is 10.6 Å². The van der Waals surface area contributed by atoms with Gasteiger partial charge < -0.3 is 0 Å². The third-order valence-corrected chi connectivity index (χ3v) is 4.67. The molecule has 0 atom stereocenters. The van der Waals surface area contributed by atoms with E-state index < -0.39 is 21.8 Å². The molecule has 1 N–H and O–H groups in total. The van der Waals surface area contributed by atoms with Crippen LogP contribution in [0.2, 0.25) is 0 Å². The maximum Gasteiger partial charge on any atom is 0.416 e.